The van der Waals surface area contributed by atoms with Crippen LogP contribution in [-0.4, -0.2) is 23.8 Å². The van der Waals surface area contributed by atoms with Crippen LogP contribution in [0.25, 0.3) is 4.96 Å². The van der Waals surface area contributed by atoms with E-state index in [0.717, 1.165) is 12.8 Å². The van der Waals surface area contributed by atoms with E-state index >= 15 is 0 Å². The molecule has 0 saturated heterocycles. The van der Waals surface area contributed by atoms with Crippen LogP contribution in [0.2, 0.25) is 0 Å². The largest absolute Gasteiger partial charge is 0.381 e. The molecule has 1 aliphatic carbocycles. The Labute approximate surface area is 115 Å². The Morgan fingerprint density at radius 3 is 2.95 bits per heavy atom. The summed E-state index contributed by atoms with van der Waals surface area (Å²) in [7, 11) is -3.63. The highest BCUT2D eigenvalue weighted by Gasteiger charge is 2.31. The van der Waals surface area contributed by atoms with Crippen molar-refractivity contribution in [3.05, 3.63) is 11.6 Å². The fraction of sp³-hybridized carbons (Fsp3) is 0.545. The van der Waals surface area contributed by atoms with E-state index in [0.29, 0.717) is 10.9 Å². The number of fused-ring (bicyclic) bond motifs is 1. The lowest BCUT2D eigenvalue weighted by atomic mass is 9.81. The molecule has 0 spiro atoms. The van der Waals surface area contributed by atoms with Crippen LogP contribution in [0.1, 0.15) is 26.2 Å². The van der Waals surface area contributed by atoms with Gasteiger partial charge < -0.3 is 5.73 Å². The fourth-order valence-corrected chi connectivity index (χ4v) is 4.69. The van der Waals surface area contributed by atoms with Crippen LogP contribution >= 0.6 is 11.3 Å². The lowest BCUT2D eigenvalue weighted by Crippen LogP contribution is -2.41. The van der Waals surface area contributed by atoms with Crippen molar-refractivity contribution in [2.45, 2.75) is 37.3 Å². The number of aromatic nitrogens is 2. The molecule has 8 heteroatoms. The number of hydrogen-bond acceptors (Lipinski definition) is 5. The third-order valence-corrected chi connectivity index (χ3v) is 6.05. The first-order valence-electron chi connectivity index (χ1n) is 6.22. The Morgan fingerprint density at radius 2 is 2.32 bits per heavy atom. The minimum absolute atomic E-state index is 0.0509. The van der Waals surface area contributed by atoms with Crippen LogP contribution < -0.4 is 10.5 Å². The topological polar surface area (TPSA) is 89.5 Å². The lowest BCUT2D eigenvalue weighted by molar-refractivity contribution is 0.260. The van der Waals surface area contributed by atoms with Crippen molar-refractivity contribution in [2.75, 3.05) is 5.73 Å². The average Bonchev–Trinajstić information content (AvgIpc) is 2.71. The fourth-order valence-electron chi connectivity index (χ4n) is 2.39. The molecule has 1 saturated carbocycles. The first-order valence-corrected chi connectivity index (χ1v) is 8.58. The zero-order chi connectivity index (χ0) is 13.6. The second-order valence-electron chi connectivity index (χ2n) is 4.96. The highest BCUT2D eigenvalue weighted by molar-refractivity contribution is 7.89. The molecule has 3 rings (SSSR count). The molecule has 0 amide bonds. The van der Waals surface area contributed by atoms with Crippen molar-refractivity contribution >= 4 is 32.1 Å². The Balaban J connectivity index is 1.94. The quantitative estimate of drug-likeness (QED) is 0.894. The van der Waals surface area contributed by atoms with Crippen molar-refractivity contribution in [3.8, 4) is 0 Å². The van der Waals surface area contributed by atoms with E-state index < -0.39 is 10.0 Å². The Bertz CT molecular complexity index is 699. The van der Waals surface area contributed by atoms with E-state index in [-0.39, 0.29) is 16.9 Å². The van der Waals surface area contributed by atoms with Crippen molar-refractivity contribution in [1.29, 1.82) is 0 Å². The van der Waals surface area contributed by atoms with Gasteiger partial charge in [0, 0.05) is 17.6 Å². The number of rotatable bonds is 4. The van der Waals surface area contributed by atoms with Gasteiger partial charge in [-0.2, -0.15) is 0 Å². The standard InChI is InChI=1S/C11H16N4O2S2/c1-7(8-3-2-4-8)14-19(16,17)10-9(12)13-11-15(10)5-6-18-11/h5-8,14H,2-4,12H2,1H3. The summed E-state index contributed by atoms with van der Waals surface area (Å²) in [6.45, 7) is 1.91. The van der Waals surface area contributed by atoms with Gasteiger partial charge in [0.05, 0.1) is 0 Å². The third kappa shape index (κ3) is 2.13. The predicted octanol–water partition coefficient (Wildman–Crippen LogP) is 1.44. The second kappa shape index (κ2) is 4.46. The summed E-state index contributed by atoms with van der Waals surface area (Å²) in [5.74, 6) is 0.488. The number of sulfonamides is 1. The van der Waals surface area contributed by atoms with Crippen molar-refractivity contribution in [3.63, 3.8) is 0 Å². The summed E-state index contributed by atoms with van der Waals surface area (Å²) in [6.07, 6.45) is 5.02. The smallest absolute Gasteiger partial charge is 0.260 e. The number of hydrogen-bond donors (Lipinski definition) is 2. The first kappa shape index (κ1) is 12.9. The van der Waals surface area contributed by atoms with Crippen LogP contribution in [0.4, 0.5) is 5.82 Å². The van der Waals surface area contributed by atoms with Gasteiger partial charge in [-0.3, -0.25) is 4.40 Å². The SMILES string of the molecule is CC(NS(=O)(=O)c1c(N)nc2sccn12)C1CCC1. The van der Waals surface area contributed by atoms with Crippen LogP contribution in [-0.2, 0) is 10.0 Å². The summed E-state index contributed by atoms with van der Waals surface area (Å²) in [6, 6.07) is -0.0673. The number of anilines is 1. The van der Waals surface area contributed by atoms with E-state index in [1.807, 2.05) is 6.92 Å². The molecule has 0 bridgehead atoms. The molecule has 1 unspecified atom stereocenters. The lowest BCUT2D eigenvalue weighted by Gasteiger charge is -2.31. The summed E-state index contributed by atoms with van der Waals surface area (Å²) >= 11 is 1.36. The molecule has 104 valence electrons. The number of nitrogens with one attached hydrogen (secondary N) is 1. The summed E-state index contributed by atoms with van der Waals surface area (Å²) < 4.78 is 29.1. The molecule has 1 fully saturated rings. The molecular weight excluding hydrogens is 284 g/mol. The van der Waals surface area contributed by atoms with Crippen molar-refractivity contribution in [2.24, 2.45) is 5.92 Å². The summed E-state index contributed by atoms with van der Waals surface area (Å²) in [5.41, 5.74) is 5.74. The maximum absolute atomic E-state index is 12.4. The molecule has 2 aromatic heterocycles. The summed E-state index contributed by atoms with van der Waals surface area (Å²) in [4.78, 5) is 4.66. The molecule has 19 heavy (non-hydrogen) atoms. The van der Waals surface area contributed by atoms with Crippen LogP contribution in [0, 0.1) is 5.92 Å². The number of thiazole rings is 1. The van der Waals surface area contributed by atoms with Gasteiger partial charge in [0.25, 0.3) is 10.0 Å². The number of nitrogens with zero attached hydrogens (tertiary/aromatic N) is 2. The van der Waals surface area contributed by atoms with Gasteiger partial charge in [-0.05, 0) is 25.7 Å². The molecule has 0 radical (unpaired) electrons. The molecule has 1 aliphatic rings. The van der Waals surface area contributed by atoms with E-state index in [4.69, 9.17) is 5.73 Å². The molecule has 0 aliphatic heterocycles. The van der Waals surface area contributed by atoms with Gasteiger partial charge in [0.15, 0.2) is 15.8 Å². The molecule has 2 heterocycles. The Morgan fingerprint density at radius 1 is 1.58 bits per heavy atom. The summed E-state index contributed by atoms with van der Waals surface area (Å²) in [5, 5.41) is 1.84. The van der Waals surface area contributed by atoms with Gasteiger partial charge in [0.1, 0.15) is 0 Å². The van der Waals surface area contributed by atoms with Gasteiger partial charge in [-0.25, -0.2) is 18.1 Å². The van der Waals surface area contributed by atoms with Crippen LogP contribution in [0.15, 0.2) is 16.6 Å². The molecule has 3 N–H and O–H groups in total. The molecule has 0 aromatic carbocycles. The zero-order valence-electron chi connectivity index (χ0n) is 10.5. The highest BCUT2D eigenvalue weighted by atomic mass is 32.2. The van der Waals surface area contributed by atoms with Gasteiger partial charge >= 0.3 is 0 Å². The second-order valence-corrected chi connectivity index (χ2v) is 7.46. The molecule has 2 aromatic rings. The van der Waals surface area contributed by atoms with Gasteiger partial charge in [-0.15, -0.1) is 11.3 Å². The minimum Gasteiger partial charge on any atom is -0.381 e. The monoisotopic (exact) mass is 300 g/mol. The maximum Gasteiger partial charge on any atom is 0.260 e. The molecule has 6 nitrogen and oxygen atoms in total. The third-order valence-electron chi connectivity index (χ3n) is 3.70. The minimum atomic E-state index is -3.63. The number of nitrogens with two attached hydrogens (primary N) is 1. The average molecular weight is 300 g/mol. The first-order chi connectivity index (χ1) is 8.99. The van der Waals surface area contributed by atoms with E-state index in [9.17, 15) is 8.42 Å². The number of imidazole rings is 1. The zero-order valence-corrected chi connectivity index (χ0v) is 12.2. The predicted molar refractivity (Wildman–Crippen MR) is 74.6 cm³/mol. The van der Waals surface area contributed by atoms with Crippen molar-refractivity contribution in [1.82, 2.24) is 14.1 Å². The maximum atomic E-state index is 12.4. The Hall–Kier alpha value is -1.12. The van der Waals surface area contributed by atoms with Gasteiger partial charge in [-0.1, -0.05) is 6.42 Å². The van der Waals surface area contributed by atoms with Crippen LogP contribution in [0.3, 0.4) is 0 Å². The Kier molecular flexibility index (Phi) is 3.03. The van der Waals surface area contributed by atoms with E-state index in [1.165, 1.54) is 22.2 Å². The molecule has 1 atom stereocenters. The normalized spacial score (nSPS) is 18.6. The van der Waals surface area contributed by atoms with Crippen LogP contribution in [0.5, 0.6) is 0 Å². The number of nitrogen functional groups attached to an aromatic ring is 1. The highest BCUT2D eigenvalue weighted by Crippen LogP contribution is 2.31. The van der Waals surface area contributed by atoms with E-state index in [2.05, 4.69) is 9.71 Å². The van der Waals surface area contributed by atoms with E-state index in [1.54, 1.807) is 11.6 Å². The van der Waals surface area contributed by atoms with Crippen molar-refractivity contribution < 1.29 is 8.42 Å². The van der Waals surface area contributed by atoms with Gasteiger partial charge in [0.2, 0.25) is 0 Å². The molecular formula is C11H16N4O2S2.